The lowest BCUT2D eigenvalue weighted by molar-refractivity contribution is 0.469. The molecule has 7 nitrogen and oxygen atoms in total. The van der Waals surface area contributed by atoms with Crippen molar-refractivity contribution in [3.05, 3.63) is 18.2 Å². The molecule has 0 unspecified atom stereocenters. The molecule has 0 amide bonds. The zero-order chi connectivity index (χ0) is 15.0. The molecule has 8 heteroatoms. The van der Waals surface area contributed by atoms with Crippen LogP contribution in [0.2, 0.25) is 0 Å². The van der Waals surface area contributed by atoms with E-state index < -0.39 is 15.6 Å². The maximum atomic E-state index is 11.2. The third-order valence-corrected chi connectivity index (χ3v) is 3.48. The van der Waals surface area contributed by atoms with Crippen LogP contribution in [0.1, 0.15) is 13.8 Å². The molecule has 20 heavy (non-hydrogen) atoms. The van der Waals surface area contributed by atoms with Gasteiger partial charge >= 0.3 is 0 Å². The van der Waals surface area contributed by atoms with E-state index >= 15 is 0 Å². The third kappa shape index (κ3) is 3.84. The number of sulfonamides is 1. The topological polar surface area (TPSA) is 110 Å². The first-order chi connectivity index (χ1) is 9.15. The number of nitrogen functional groups attached to an aromatic ring is 1. The van der Waals surface area contributed by atoms with Gasteiger partial charge in [-0.1, -0.05) is 0 Å². The summed E-state index contributed by atoms with van der Waals surface area (Å²) >= 11 is 0. The van der Waals surface area contributed by atoms with Crippen LogP contribution in [0.3, 0.4) is 0 Å². The zero-order valence-electron chi connectivity index (χ0n) is 11.6. The summed E-state index contributed by atoms with van der Waals surface area (Å²) in [7, 11) is -3.27. The number of fused-ring (bicyclic) bond motifs is 1. The second-order valence-electron chi connectivity index (χ2n) is 5.36. The molecule has 110 valence electrons. The van der Waals surface area contributed by atoms with Crippen molar-refractivity contribution in [1.29, 1.82) is 0 Å². The molecule has 1 aromatic heterocycles. The van der Waals surface area contributed by atoms with Crippen molar-refractivity contribution in [3.63, 3.8) is 0 Å². The minimum atomic E-state index is -3.27. The number of rotatable bonds is 5. The molecule has 0 aliphatic rings. The summed E-state index contributed by atoms with van der Waals surface area (Å²) in [5, 5.41) is 2.97. The summed E-state index contributed by atoms with van der Waals surface area (Å²) in [6, 6.07) is 5.52. The molecule has 0 saturated carbocycles. The van der Waals surface area contributed by atoms with Gasteiger partial charge in [-0.05, 0) is 26.0 Å². The average molecular weight is 298 g/mol. The number of anilines is 2. The van der Waals surface area contributed by atoms with Gasteiger partial charge in [-0.25, -0.2) is 13.1 Å². The van der Waals surface area contributed by atoms with E-state index in [0.717, 1.165) is 6.26 Å². The largest absolute Gasteiger partial charge is 0.423 e. The fourth-order valence-electron chi connectivity index (χ4n) is 1.85. The summed E-state index contributed by atoms with van der Waals surface area (Å²) in [6.07, 6.45) is 1.12. The number of nitrogens with zero attached hydrogens (tertiary/aromatic N) is 1. The van der Waals surface area contributed by atoms with E-state index in [1.807, 2.05) is 0 Å². The van der Waals surface area contributed by atoms with Gasteiger partial charge in [-0.15, -0.1) is 0 Å². The maximum absolute atomic E-state index is 11.2. The van der Waals surface area contributed by atoms with Crippen molar-refractivity contribution < 1.29 is 12.8 Å². The average Bonchev–Trinajstić information content (AvgIpc) is 2.65. The standard InChI is InChI=1S/C12H18N4O3S/c1-12(2,16-20(3,17)18)7-14-11-15-9-5-4-8(13)6-10(9)19-11/h4-6,16H,7,13H2,1-3H3,(H,14,15). The summed E-state index contributed by atoms with van der Waals surface area (Å²) in [5.74, 6) is 0. The molecule has 4 N–H and O–H groups in total. The van der Waals surface area contributed by atoms with Crippen molar-refractivity contribution >= 4 is 32.8 Å². The third-order valence-electron chi connectivity index (χ3n) is 2.56. The van der Waals surface area contributed by atoms with E-state index in [4.69, 9.17) is 10.2 Å². The predicted molar refractivity (Wildman–Crippen MR) is 79.0 cm³/mol. The van der Waals surface area contributed by atoms with E-state index in [1.165, 1.54) is 0 Å². The highest BCUT2D eigenvalue weighted by Crippen LogP contribution is 2.21. The van der Waals surface area contributed by atoms with Crippen LogP contribution in [0.15, 0.2) is 22.6 Å². The molecule has 0 spiro atoms. The highest BCUT2D eigenvalue weighted by Gasteiger charge is 2.22. The second kappa shape index (κ2) is 4.95. The number of hydrogen-bond donors (Lipinski definition) is 3. The van der Waals surface area contributed by atoms with Gasteiger partial charge in [0.25, 0.3) is 6.01 Å². The normalized spacial score (nSPS) is 12.8. The monoisotopic (exact) mass is 298 g/mol. The lowest BCUT2D eigenvalue weighted by Gasteiger charge is -2.24. The zero-order valence-corrected chi connectivity index (χ0v) is 12.4. The van der Waals surface area contributed by atoms with Gasteiger partial charge in [-0.2, -0.15) is 4.98 Å². The first-order valence-corrected chi connectivity index (χ1v) is 7.93. The van der Waals surface area contributed by atoms with Gasteiger partial charge in [0.2, 0.25) is 10.0 Å². The molecule has 0 bridgehead atoms. The fraction of sp³-hybridized carbons (Fsp3) is 0.417. The van der Waals surface area contributed by atoms with E-state index in [2.05, 4.69) is 15.0 Å². The molecule has 1 heterocycles. The number of aromatic nitrogens is 1. The molecular formula is C12H18N4O3S. The van der Waals surface area contributed by atoms with E-state index in [0.29, 0.717) is 29.3 Å². The Kier molecular flexibility index (Phi) is 3.61. The van der Waals surface area contributed by atoms with E-state index in [9.17, 15) is 8.42 Å². The molecule has 0 fully saturated rings. The Hall–Kier alpha value is -1.80. The Balaban J connectivity index is 2.09. The van der Waals surface area contributed by atoms with Gasteiger partial charge in [-0.3, -0.25) is 0 Å². The Morgan fingerprint density at radius 2 is 2.10 bits per heavy atom. The molecule has 0 aliphatic heterocycles. The minimum absolute atomic E-state index is 0.328. The summed E-state index contributed by atoms with van der Waals surface area (Å²) in [5.41, 5.74) is 6.87. The lowest BCUT2D eigenvalue weighted by Crippen LogP contribution is -2.47. The van der Waals surface area contributed by atoms with Crippen LogP contribution in [0.4, 0.5) is 11.7 Å². The highest BCUT2D eigenvalue weighted by atomic mass is 32.2. The van der Waals surface area contributed by atoms with Crippen LogP contribution in [-0.2, 0) is 10.0 Å². The van der Waals surface area contributed by atoms with Gasteiger partial charge in [0, 0.05) is 23.8 Å². The maximum Gasteiger partial charge on any atom is 0.295 e. The van der Waals surface area contributed by atoms with Gasteiger partial charge in [0.15, 0.2) is 5.58 Å². The van der Waals surface area contributed by atoms with Crippen LogP contribution in [-0.4, -0.2) is 31.7 Å². The minimum Gasteiger partial charge on any atom is -0.423 e. The number of oxazole rings is 1. The van der Waals surface area contributed by atoms with Crippen molar-refractivity contribution in [2.75, 3.05) is 23.9 Å². The smallest absolute Gasteiger partial charge is 0.295 e. The molecule has 0 saturated heterocycles. The first-order valence-electron chi connectivity index (χ1n) is 6.03. The summed E-state index contributed by atoms with van der Waals surface area (Å²) in [6.45, 7) is 3.87. The first kappa shape index (κ1) is 14.6. The SMILES string of the molecule is CC(C)(CNc1nc2ccc(N)cc2o1)NS(C)(=O)=O. The number of nitrogens with two attached hydrogens (primary N) is 1. The summed E-state index contributed by atoms with van der Waals surface area (Å²) in [4.78, 5) is 4.24. The molecule has 1 aromatic carbocycles. The van der Waals surface area contributed by atoms with E-state index in [1.54, 1.807) is 32.0 Å². The van der Waals surface area contributed by atoms with Crippen molar-refractivity contribution in [2.24, 2.45) is 0 Å². The molecule has 2 rings (SSSR count). The number of hydrogen-bond acceptors (Lipinski definition) is 6. The van der Waals surface area contributed by atoms with E-state index in [-0.39, 0.29) is 0 Å². The van der Waals surface area contributed by atoms with Crippen LogP contribution in [0.25, 0.3) is 11.1 Å². The molecule has 2 aromatic rings. The van der Waals surface area contributed by atoms with Crippen molar-refractivity contribution in [3.8, 4) is 0 Å². The number of nitrogens with one attached hydrogen (secondary N) is 2. The summed E-state index contributed by atoms with van der Waals surface area (Å²) < 4.78 is 30.5. The molecule has 0 aliphatic carbocycles. The Morgan fingerprint density at radius 3 is 2.75 bits per heavy atom. The van der Waals surface area contributed by atoms with Crippen LogP contribution in [0.5, 0.6) is 0 Å². The van der Waals surface area contributed by atoms with Crippen LogP contribution < -0.4 is 15.8 Å². The highest BCUT2D eigenvalue weighted by molar-refractivity contribution is 7.88. The quantitative estimate of drug-likeness (QED) is 0.714. The van der Waals surface area contributed by atoms with Crippen molar-refractivity contribution in [2.45, 2.75) is 19.4 Å². The molecule has 0 radical (unpaired) electrons. The Labute approximate surface area is 117 Å². The van der Waals surface area contributed by atoms with Gasteiger partial charge in [0.05, 0.1) is 6.26 Å². The van der Waals surface area contributed by atoms with Crippen molar-refractivity contribution in [1.82, 2.24) is 9.71 Å². The number of benzene rings is 1. The van der Waals surface area contributed by atoms with Crippen LogP contribution >= 0.6 is 0 Å². The molecule has 0 atom stereocenters. The van der Waals surface area contributed by atoms with Gasteiger partial charge < -0.3 is 15.5 Å². The van der Waals surface area contributed by atoms with Gasteiger partial charge in [0.1, 0.15) is 5.52 Å². The van der Waals surface area contributed by atoms with Crippen LogP contribution in [0, 0.1) is 0 Å². The molecular weight excluding hydrogens is 280 g/mol. The second-order valence-corrected chi connectivity index (χ2v) is 7.11. The predicted octanol–water partition coefficient (Wildman–Crippen LogP) is 1.15. The Bertz CT molecular complexity index is 721. The fourth-order valence-corrected chi connectivity index (χ4v) is 2.93. The lowest BCUT2D eigenvalue weighted by atomic mass is 10.1. The Morgan fingerprint density at radius 1 is 1.40 bits per heavy atom.